The van der Waals surface area contributed by atoms with Crippen LogP contribution in [0.1, 0.15) is 19.8 Å². The van der Waals surface area contributed by atoms with Crippen molar-refractivity contribution in [2.24, 2.45) is 0 Å². The highest BCUT2D eigenvalue weighted by Crippen LogP contribution is 2.48. The van der Waals surface area contributed by atoms with Gasteiger partial charge < -0.3 is 4.57 Å². The van der Waals surface area contributed by atoms with Crippen LogP contribution in [0.15, 0.2) is 0 Å². The summed E-state index contributed by atoms with van der Waals surface area (Å²) in [6.07, 6.45) is -1.41. The maximum Gasteiger partial charge on any atom is 0.200 e. The molecule has 2 rings (SSSR count). The topological polar surface area (TPSA) is 17.1 Å². The van der Waals surface area contributed by atoms with Crippen molar-refractivity contribution in [2.45, 2.75) is 19.8 Å². The van der Waals surface area contributed by atoms with Crippen LogP contribution >= 0.6 is 7.14 Å². The molecule has 0 spiro atoms. The standard InChI is InChI=1S/C16H9F10OP/c1-2-3-4-28(27,15-11(23)7(19)5(17)8(20)12(15)24)16-13(25)9(21)6(18)10(22)14(16)26/h2-4H2,1H3. The van der Waals surface area contributed by atoms with Gasteiger partial charge in [-0.15, -0.1) is 0 Å². The van der Waals surface area contributed by atoms with Gasteiger partial charge in [0.2, 0.25) is 11.6 Å². The number of hydrogen-bond donors (Lipinski definition) is 0. The normalized spacial score (nSPS) is 12.0. The molecule has 0 amide bonds. The Hall–Kier alpha value is -2.03. The molecule has 0 bridgehead atoms. The minimum atomic E-state index is -5.53. The van der Waals surface area contributed by atoms with Gasteiger partial charge in [-0.2, -0.15) is 0 Å². The second-order valence-corrected chi connectivity index (χ2v) is 8.47. The summed E-state index contributed by atoms with van der Waals surface area (Å²) >= 11 is 0. The van der Waals surface area contributed by atoms with Gasteiger partial charge in [-0.3, -0.25) is 0 Å². The third-order valence-electron chi connectivity index (χ3n) is 3.92. The zero-order valence-electron chi connectivity index (χ0n) is 13.8. The monoisotopic (exact) mass is 438 g/mol. The summed E-state index contributed by atoms with van der Waals surface area (Å²) in [7, 11) is -5.53. The summed E-state index contributed by atoms with van der Waals surface area (Å²) in [5, 5.41) is -4.25. The molecular weight excluding hydrogens is 429 g/mol. The summed E-state index contributed by atoms with van der Waals surface area (Å²) in [6.45, 7) is 1.40. The van der Waals surface area contributed by atoms with Crippen LogP contribution in [0, 0.1) is 58.2 Å². The van der Waals surface area contributed by atoms with E-state index in [9.17, 15) is 48.5 Å². The van der Waals surface area contributed by atoms with Crippen LogP contribution in [-0.4, -0.2) is 6.16 Å². The average molecular weight is 438 g/mol. The fourth-order valence-electron chi connectivity index (χ4n) is 2.54. The summed E-state index contributed by atoms with van der Waals surface area (Å²) in [4.78, 5) is 0. The van der Waals surface area contributed by atoms with E-state index in [1.54, 1.807) is 0 Å². The summed E-state index contributed by atoms with van der Waals surface area (Å²) < 4.78 is 150. The van der Waals surface area contributed by atoms with E-state index in [1.807, 2.05) is 0 Å². The van der Waals surface area contributed by atoms with E-state index < -0.39 is 82.1 Å². The van der Waals surface area contributed by atoms with Gasteiger partial charge in [-0.1, -0.05) is 13.3 Å². The molecule has 0 heterocycles. The number of benzene rings is 2. The van der Waals surface area contributed by atoms with Crippen molar-refractivity contribution >= 4 is 17.8 Å². The Bertz CT molecular complexity index is 872. The average Bonchev–Trinajstić information content (AvgIpc) is 2.66. The first-order chi connectivity index (χ1) is 12.9. The van der Waals surface area contributed by atoms with Crippen molar-refractivity contribution in [2.75, 3.05) is 6.16 Å². The lowest BCUT2D eigenvalue weighted by molar-refractivity contribution is 0.381. The van der Waals surface area contributed by atoms with Crippen molar-refractivity contribution in [1.82, 2.24) is 0 Å². The summed E-state index contributed by atoms with van der Waals surface area (Å²) in [6, 6.07) is 0. The maximum atomic E-state index is 14.2. The first-order valence-electron chi connectivity index (χ1n) is 7.54. The van der Waals surface area contributed by atoms with E-state index in [0.29, 0.717) is 0 Å². The fraction of sp³-hybridized carbons (Fsp3) is 0.250. The molecule has 0 fully saturated rings. The van der Waals surface area contributed by atoms with E-state index >= 15 is 0 Å². The molecule has 0 atom stereocenters. The molecular formula is C16H9F10OP. The third-order valence-corrected chi connectivity index (χ3v) is 7.10. The van der Waals surface area contributed by atoms with Crippen molar-refractivity contribution in [3.05, 3.63) is 58.2 Å². The Labute approximate surface area is 151 Å². The molecule has 12 heteroatoms. The molecule has 1 nitrogen and oxygen atoms in total. The highest BCUT2D eigenvalue weighted by molar-refractivity contribution is 7.78. The van der Waals surface area contributed by atoms with Crippen LogP contribution in [0.3, 0.4) is 0 Å². The molecule has 0 aliphatic heterocycles. The van der Waals surface area contributed by atoms with Gasteiger partial charge in [0.1, 0.15) is 0 Å². The number of rotatable bonds is 5. The van der Waals surface area contributed by atoms with Gasteiger partial charge in [0, 0.05) is 6.16 Å². The Morgan fingerprint density at radius 1 is 0.536 bits per heavy atom. The maximum absolute atomic E-state index is 14.2. The highest BCUT2D eigenvalue weighted by atomic mass is 31.2. The van der Waals surface area contributed by atoms with Crippen LogP contribution in [-0.2, 0) is 4.57 Å². The molecule has 0 aliphatic carbocycles. The predicted molar refractivity (Wildman–Crippen MR) is 79.1 cm³/mol. The molecule has 0 unspecified atom stereocenters. The van der Waals surface area contributed by atoms with Crippen molar-refractivity contribution < 1.29 is 48.5 Å². The molecule has 0 aliphatic rings. The van der Waals surface area contributed by atoms with Crippen LogP contribution in [0.4, 0.5) is 43.9 Å². The molecule has 0 aromatic heterocycles. The molecule has 0 N–H and O–H groups in total. The van der Waals surface area contributed by atoms with E-state index in [-0.39, 0.29) is 12.8 Å². The quantitative estimate of drug-likeness (QED) is 0.272. The SMILES string of the molecule is CCCCP(=O)(c1c(F)c(F)c(F)c(F)c1F)c1c(F)c(F)c(F)c(F)c1F. The smallest absolute Gasteiger partial charge is 0.200 e. The number of halogens is 10. The number of hydrogen-bond acceptors (Lipinski definition) is 1. The zero-order valence-corrected chi connectivity index (χ0v) is 14.7. The Kier molecular flexibility index (Phi) is 6.18. The first-order valence-corrected chi connectivity index (χ1v) is 9.43. The third kappa shape index (κ3) is 3.19. The summed E-state index contributed by atoms with van der Waals surface area (Å²) in [5.41, 5.74) is 0. The lowest BCUT2D eigenvalue weighted by Crippen LogP contribution is -2.32. The van der Waals surface area contributed by atoms with E-state index in [1.165, 1.54) is 6.92 Å². The lowest BCUT2D eigenvalue weighted by atomic mass is 10.3. The predicted octanol–water partition coefficient (Wildman–Crippen LogP) is 5.19. The van der Waals surface area contributed by atoms with Gasteiger partial charge in [0.15, 0.2) is 53.7 Å². The van der Waals surface area contributed by atoms with E-state index in [4.69, 9.17) is 0 Å². The van der Waals surface area contributed by atoms with Gasteiger partial charge in [-0.05, 0) is 6.42 Å². The molecule has 0 saturated carbocycles. The van der Waals surface area contributed by atoms with Crippen LogP contribution in [0.5, 0.6) is 0 Å². The zero-order chi connectivity index (χ0) is 21.5. The minimum Gasteiger partial charge on any atom is -0.313 e. The molecule has 2 aromatic carbocycles. The Morgan fingerprint density at radius 2 is 0.786 bits per heavy atom. The van der Waals surface area contributed by atoms with Crippen LogP contribution < -0.4 is 10.6 Å². The number of unbranched alkanes of at least 4 members (excludes halogenated alkanes) is 1. The largest absolute Gasteiger partial charge is 0.313 e. The lowest BCUT2D eigenvalue weighted by Gasteiger charge is -2.22. The van der Waals surface area contributed by atoms with Crippen molar-refractivity contribution in [3.8, 4) is 0 Å². The van der Waals surface area contributed by atoms with E-state index in [2.05, 4.69) is 0 Å². The molecule has 154 valence electrons. The second-order valence-electron chi connectivity index (χ2n) is 5.65. The Balaban J connectivity index is 3.05. The van der Waals surface area contributed by atoms with Gasteiger partial charge in [0.05, 0.1) is 10.6 Å². The van der Waals surface area contributed by atoms with Crippen molar-refractivity contribution in [3.63, 3.8) is 0 Å². The minimum absolute atomic E-state index is 0.0504. The van der Waals surface area contributed by atoms with Gasteiger partial charge >= 0.3 is 0 Å². The van der Waals surface area contributed by atoms with Crippen molar-refractivity contribution in [1.29, 1.82) is 0 Å². The van der Waals surface area contributed by atoms with Crippen LogP contribution in [0.25, 0.3) is 0 Å². The first kappa shape index (κ1) is 22.3. The highest BCUT2D eigenvalue weighted by Gasteiger charge is 2.44. The molecule has 0 saturated heterocycles. The van der Waals surface area contributed by atoms with E-state index in [0.717, 1.165) is 0 Å². The Morgan fingerprint density at radius 3 is 1.04 bits per heavy atom. The second kappa shape index (κ2) is 7.77. The van der Waals surface area contributed by atoms with Crippen LogP contribution in [0.2, 0.25) is 0 Å². The van der Waals surface area contributed by atoms with Gasteiger partial charge in [-0.25, -0.2) is 43.9 Å². The molecule has 0 radical (unpaired) electrons. The molecule has 28 heavy (non-hydrogen) atoms. The molecule has 2 aromatic rings. The fourth-order valence-corrected chi connectivity index (χ4v) is 5.63. The van der Waals surface area contributed by atoms with Gasteiger partial charge in [0.25, 0.3) is 0 Å². The summed E-state index contributed by atoms with van der Waals surface area (Å²) in [5.74, 6) is -26.3.